The molecule has 1 amide bonds. The second kappa shape index (κ2) is 6.35. The molecule has 128 valence electrons. The van der Waals surface area contributed by atoms with E-state index in [2.05, 4.69) is 0 Å². The summed E-state index contributed by atoms with van der Waals surface area (Å²) >= 11 is 0. The van der Waals surface area contributed by atoms with Crippen molar-refractivity contribution in [3.63, 3.8) is 0 Å². The first kappa shape index (κ1) is 17.5. The largest absolute Gasteiger partial charge is 0.392 e. The molecule has 7 heteroatoms. The lowest BCUT2D eigenvalue weighted by Crippen LogP contribution is -2.62. The fraction of sp³-hybridized carbons (Fsp3) is 0.933. The third-order valence-electron chi connectivity index (χ3n) is 5.03. The summed E-state index contributed by atoms with van der Waals surface area (Å²) in [4.78, 5) is 14.9. The fourth-order valence-electron chi connectivity index (χ4n) is 3.74. The van der Waals surface area contributed by atoms with Crippen LogP contribution in [0.2, 0.25) is 0 Å². The van der Waals surface area contributed by atoms with Gasteiger partial charge in [-0.05, 0) is 39.0 Å². The molecule has 1 aliphatic heterocycles. The second-order valence-electron chi connectivity index (χ2n) is 6.82. The maximum Gasteiger partial charge on any atom is 0.392 e. The van der Waals surface area contributed by atoms with Crippen LogP contribution < -0.4 is 0 Å². The summed E-state index contributed by atoms with van der Waals surface area (Å²) in [5.74, 6) is -1.86. The third-order valence-corrected chi connectivity index (χ3v) is 5.03. The number of alkyl halides is 3. The number of aliphatic hydroxyl groups excluding tert-OH is 1. The number of amides is 1. The van der Waals surface area contributed by atoms with Gasteiger partial charge < -0.3 is 10.0 Å². The SMILES string of the molecule is CC1CCC(N2CCC(=O)N(C(C)C)C2O)CC1C(F)(F)F. The van der Waals surface area contributed by atoms with Gasteiger partial charge in [-0.1, -0.05) is 6.92 Å². The van der Waals surface area contributed by atoms with Crippen molar-refractivity contribution in [2.75, 3.05) is 6.54 Å². The van der Waals surface area contributed by atoms with E-state index < -0.39 is 18.4 Å². The van der Waals surface area contributed by atoms with E-state index in [0.29, 0.717) is 19.4 Å². The number of aliphatic hydroxyl groups is 1. The summed E-state index contributed by atoms with van der Waals surface area (Å²) in [6, 6.07) is -0.501. The highest BCUT2D eigenvalue weighted by molar-refractivity contribution is 5.77. The molecule has 2 rings (SSSR count). The zero-order valence-electron chi connectivity index (χ0n) is 13.3. The molecule has 1 saturated heterocycles. The lowest BCUT2D eigenvalue weighted by Gasteiger charge is -2.48. The van der Waals surface area contributed by atoms with Crippen molar-refractivity contribution in [1.29, 1.82) is 0 Å². The van der Waals surface area contributed by atoms with Gasteiger partial charge in [-0.3, -0.25) is 9.69 Å². The standard InChI is InChI=1S/C15H25F3N2O2/c1-9(2)20-13(21)6-7-19(14(20)22)11-5-4-10(3)12(8-11)15(16,17)18/h9-12,14,22H,4-8H2,1-3H3. The molecule has 1 aliphatic carbocycles. The van der Waals surface area contributed by atoms with Crippen molar-refractivity contribution >= 4 is 5.91 Å². The van der Waals surface area contributed by atoms with Crippen LogP contribution in [-0.4, -0.2) is 52.0 Å². The Balaban J connectivity index is 2.12. The summed E-state index contributed by atoms with van der Waals surface area (Å²) < 4.78 is 39.5. The Hall–Kier alpha value is -0.820. The Morgan fingerprint density at radius 2 is 1.91 bits per heavy atom. The molecule has 0 bridgehead atoms. The first-order chi connectivity index (χ1) is 10.1. The summed E-state index contributed by atoms with van der Waals surface area (Å²) in [5, 5.41) is 10.4. The average Bonchev–Trinajstić information content (AvgIpc) is 2.38. The van der Waals surface area contributed by atoms with E-state index in [0.717, 1.165) is 0 Å². The Morgan fingerprint density at radius 1 is 1.27 bits per heavy atom. The minimum atomic E-state index is -4.20. The molecule has 4 unspecified atom stereocenters. The van der Waals surface area contributed by atoms with Crippen LogP contribution in [0.5, 0.6) is 0 Å². The summed E-state index contributed by atoms with van der Waals surface area (Å²) in [7, 11) is 0. The number of hydrogen-bond donors (Lipinski definition) is 1. The molecular weight excluding hydrogens is 297 g/mol. The van der Waals surface area contributed by atoms with Gasteiger partial charge in [-0.25, -0.2) is 0 Å². The molecule has 0 spiro atoms. The number of carbonyl (C=O) groups is 1. The van der Waals surface area contributed by atoms with Crippen molar-refractivity contribution in [1.82, 2.24) is 9.80 Å². The highest BCUT2D eigenvalue weighted by atomic mass is 19.4. The van der Waals surface area contributed by atoms with Crippen molar-refractivity contribution < 1.29 is 23.1 Å². The van der Waals surface area contributed by atoms with Crippen molar-refractivity contribution in [2.45, 2.75) is 71.1 Å². The summed E-state index contributed by atoms with van der Waals surface area (Å²) in [6.45, 7) is 5.57. The lowest BCUT2D eigenvalue weighted by atomic mass is 9.77. The Kier molecular flexibility index (Phi) is 5.06. The van der Waals surface area contributed by atoms with E-state index >= 15 is 0 Å². The topological polar surface area (TPSA) is 43.8 Å². The monoisotopic (exact) mass is 322 g/mol. The number of hydrogen-bond acceptors (Lipinski definition) is 3. The first-order valence-electron chi connectivity index (χ1n) is 7.94. The van der Waals surface area contributed by atoms with Gasteiger partial charge in [-0.15, -0.1) is 0 Å². The second-order valence-corrected chi connectivity index (χ2v) is 6.82. The molecular formula is C15H25F3N2O2. The average molecular weight is 322 g/mol. The fourth-order valence-corrected chi connectivity index (χ4v) is 3.74. The molecule has 0 aromatic heterocycles. The van der Waals surface area contributed by atoms with Gasteiger partial charge in [0.2, 0.25) is 5.91 Å². The molecule has 4 nitrogen and oxygen atoms in total. The van der Waals surface area contributed by atoms with Gasteiger partial charge in [-0.2, -0.15) is 13.2 Å². The van der Waals surface area contributed by atoms with E-state index in [9.17, 15) is 23.1 Å². The molecule has 2 aliphatic rings. The van der Waals surface area contributed by atoms with Crippen LogP contribution in [-0.2, 0) is 4.79 Å². The van der Waals surface area contributed by atoms with E-state index in [1.54, 1.807) is 25.7 Å². The number of rotatable bonds is 2. The molecule has 1 heterocycles. The zero-order valence-corrected chi connectivity index (χ0v) is 13.3. The minimum absolute atomic E-state index is 0.00184. The van der Waals surface area contributed by atoms with Gasteiger partial charge in [0, 0.05) is 25.0 Å². The van der Waals surface area contributed by atoms with E-state index in [1.165, 1.54) is 4.90 Å². The molecule has 4 atom stereocenters. The van der Waals surface area contributed by atoms with Crippen LogP contribution in [0.15, 0.2) is 0 Å². The quantitative estimate of drug-likeness (QED) is 0.850. The Bertz CT molecular complexity index is 414. The Labute approximate surface area is 129 Å². The molecule has 1 saturated carbocycles. The molecule has 2 fully saturated rings. The predicted molar refractivity (Wildman–Crippen MR) is 75.7 cm³/mol. The predicted octanol–water partition coefficient (Wildman–Crippen LogP) is 2.57. The summed E-state index contributed by atoms with van der Waals surface area (Å²) in [6.07, 6.45) is -3.95. The number of halogens is 3. The van der Waals surface area contributed by atoms with Crippen LogP contribution in [0, 0.1) is 11.8 Å². The van der Waals surface area contributed by atoms with E-state index in [-0.39, 0.29) is 36.8 Å². The van der Waals surface area contributed by atoms with Gasteiger partial charge in [0.1, 0.15) is 0 Å². The maximum atomic E-state index is 13.2. The molecule has 22 heavy (non-hydrogen) atoms. The van der Waals surface area contributed by atoms with E-state index in [1.807, 2.05) is 0 Å². The van der Waals surface area contributed by atoms with Crippen molar-refractivity contribution in [3.05, 3.63) is 0 Å². The van der Waals surface area contributed by atoms with Crippen molar-refractivity contribution in [3.8, 4) is 0 Å². The molecule has 0 radical (unpaired) electrons. The highest BCUT2D eigenvalue weighted by Crippen LogP contribution is 2.43. The lowest BCUT2D eigenvalue weighted by molar-refractivity contribution is -0.215. The molecule has 0 aromatic carbocycles. The smallest absolute Gasteiger partial charge is 0.361 e. The van der Waals surface area contributed by atoms with Crippen LogP contribution >= 0.6 is 0 Å². The number of carbonyl (C=O) groups excluding carboxylic acids is 1. The van der Waals surface area contributed by atoms with Crippen LogP contribution in [0.1, 0.15) is 46.5 Å². The highest BCUT2D eigenvalue weighted by Gasteiger charge is 2.48. The van der Waals surface area contributed by atoms with Crippen LogP contribution in [0.4, 0.5) is 13.2 Å². The van der Waals surface area contributed by atoms with Crippen LogP contribution in [0.25, 0.3) is 0 Å². The van der Waals surface area contributed by atoms with Crippen molar-refractivity contribution in [2.24, 2.45) is 11.8 Å². The normalized spacial score (nSPS) is 35.3. The number of nitrogens with zero attached hydrogens (tertiary/aromatic N) is 2. The summed E-state index contributed by atoms with van der Waals surface area (Å²) in [5.41, 5.74) is 0. The van der Waals surface area contributed by atoms with Gasteiger partial charge in [0.15, 0.2) is 6.35 Å². The third kappa shape index (κ3) is 3.40. The zero-order chi connectivity index (χ0) is 16.7. The Morgan fingerprint density at radius 3 is 2.45 bits per heavy atom. The van der Waals surface area contributed by atoms with Gasteiger partial charge >= 0.3 is 6.18 Å². The van der Waals surface area contributed by atoms with Crippen LogP contribution in [0.3, 0.4) is 0 Å². The molecule has 0 aromatic rings. The van der Waals surface area contributed by atoms with Gasteiger partial charge in [0.25, 0.3) is 0 Å². The van der Waals surface area contributed by atoms with E-state index in [4.69, 9.17) is 0 Å². The molecule has 1 N–H and O–H groups in total. The minimum Gasteiger partial charge on any atom is -0.361 e. The maximum absolute atomic E-state index is 13.2. The first-order valence-corrected chi connectivity index (χ1v) is 7.94. The van der Waals surface area contributed by atoms with Gasteiger partial charge in [0.05, 0.1) is 5.92 Å².